The van der Waals surface area contributed by atoms with Gasteiger partial charge in [-0.1, -0.05) is 31.9 Å². The van der Waals surface area contributed by atoms with E-state index in [-0.39, 0.29) is 17.6 Å². The Labute approximate surface area is 124 Å². The van der Waals surface area contributed by atoms with Gasteiger partial charge >= 0.3 is 0 Å². The van der Waals surface area contributed by atoms with Crippen LogP contribution in [0.1, 0.15) is 38.2 Å². The van der Waals surface area contributed by atoms with E-state index in [1.54, 1.807) is 18.2 Å². The standard InChI is InChI=1S/C16H20N2O3/c1-12-6-2-4-8-14(12)17-16(19)11-10-13-7-3-5-9-15(13)18(20)21/h3,5,7,9-12,14H,2,4,6,8H2,1H3,(H,17,19)/b11-10+/t12-,14+/m1/s1. The molecule has 1 amide bonds. The van der Waals surface area contributed by atoms with E-state index < -0.39 is 4.92 Å². The first-order valence-corrected chi connectivity index (χ1v) is 7.30. The van der Waals surface area contributed by atoms with Gasteiger partial charge in [0.2, 0.25) is 5.91 Å². The largest absolute Gasteiger partial charge is 0.350 e. The van der Waals surface area contributed by atoms with E-state index in [2.05, 4.69) is 12.2 Å². The third kappa shape index (κ3) is 4.15. The highest BCUT2D eigenvalue weighted by atomic mass is 16.6. The summed E-state index contributed by atoms with van der Waals surface area (Å²) in [5, 5.41) is 13.9. The molecule has 0 aromatic heterocycles. The van der Waals surface area contributed by atoms with Crippen molar-refractivity contribution in [1.29, 1.82) is 0 Å². The third-order valence-corrected chi connectivity index (χ3v) is 3.99. The molecule has 2 atom stereocenters. The maximum Gasteiger partial charge on any atom is 0.276 e. The lowest BCUT2D eigenvalue weighted by Gasteiger charge is -2.29. The molecule has 0 spiro atoms. The zero-order chi connectivity index (χ0) is 15.2. The zero-order valence-corrected chi connectivity index (χ0v) is 12.1. The smallest absolute Gasteiger partial charge is 0.276 e. The minimum Gasteiger partial charge on any atom is -0.350 e. The van der Waals surface area contributed by atoms with Crippen LogP contribution < -0.4 is 5.32 Å². The van der Waals surface area contributed by atoms with Gasteiger partial charge in [-0.25, -0.2) is 0 Å². The van der Waals surface area contributed by atoms with Gasteiger partial charge in [0.1, 0.15) is 0 Å². The van der Waals surface area contributed by atoms with Gasteiger partial charge in [-0.05, 0) is 30.9 Å². The summed E-state index contributed by atoms with van der Waals surface area (Å²) in [7, 11) is 0. The first-order valence-electron chi connectivity index (χ1n) is 7.30. The molecule has 0 unspecified atom stereocenters. The Bertz CT molecular complexity index is 554. The van der Waals surface area contributed by atoms with E-state index in [9.17, 15) is 14.9 Å². The van der Waals surface area contributed by atoms with Gasteiger partial charge in [0, 0.05) is 18.2 Å². The van der Waals surface area contributed by atoms with Crippen LogP contribution in [0.2, 0.25) is 0 Å². The lowest BCUT2D eigenvalue weighted by Crippen LogP contribution is -2.40. The molecule has 0 aliphatic heterocycles. The van der Waals surface area contributed by atoms with Crippen LogP contribution >= 0.6 is 0 Å². The number of nitro benzene ring substituents is 1. The molecule has 1 aromatic rings. The van der Waals surface area contributed by atoms with Gasteiger partial charge in [0.15, 0.2) is 0 Å². The van der Waals surface area contributed by atoms with Crippen LogP contribution in [0.25, 0.3) is 6.08 Å². The number of hydrogen-bond donors (Lipinski definition) is 1. The summed E-state index contributed by atoms with van der Waals surface area (Å²) in [5.74, 6) is 0.300. The highest BCUT2D eigenvalue weighted by Gasteiger charge is 2.22. The number of carbonyl (C=O) groups is 1. The number of nitrogens with zero attached hydrogens (tertiary/aromatic N) is 1. The van der Waals surface area contributed by atoms with Crippen molar-refractivity contribution in [2.75, 3.05) is 0 Å². The Morgan fingerprint density at radius 3 is 2.76 bits per heavy atom. The molecule has 0 saturated heterocycles. The fraction of sp³-hybridized carbons (Fsp3) is 0.438. The number of benzene rings is 1. The molecular weight excluding hydrogens is 268 g/mol. The molecule has 5 nitrogen and oxygen atoms in total. The minimum atomic E-state index is -0.444. The predicted molar refractivity (Wildman–Crippen MR) is 81.7 cm³/mol. The average Bonchev–Trinajstić information content (AvgIpc) is 2.48. The molecule has 0 bridgehead atoms. The van der Waals surface area contributed by atoms with Crippen molar-refractivity contribution >= 4 is 17.7 Å². The maximum absolute atomic E-state index is 11.9. The number of nitrogens with one attached hydrogen (secondary N) is 1. The molecule has 1 aliphatic rings. The van der Waals surface area contributed by atoms with E-state index in [0.29, 0.717) is 11.5 Å². The number of amides is 1. The van der Waals surface area contributed by atoms with Gasteiger partial charge in [0.25, 0.3) is 5.69 Å². The lowest BCUT2D eigenvalue weighted by atomic mass is 9.86. The second-order valence-corrected chi connectivity index (χ2v) is 5.53. The number of hydrogen-bond acceptors (Lipinski definition) is 3. The minimum absolute atomic E-state index is 0.00702. The van der Waals surface area contributed by atoms with Crippen molar-refractivity contribution in [3.05, 3.63) is 46.0 Å². The van der Waals surface area contributed by atoms with Crippen molar-refractivity contribution in [1.82, 2.24) is 5.32 Å². The van der Waals surface area contributed by atoms with E-state index in [0.717, 1.165) is 19.3 Å². The summed E-state index contributed by atoms with van der Waals surface area (Å²) in [5.41, 5.74) is 0.446. The van der Waals surface area contributed by atoms with Crippen LogP contribution in [0.15, 0.2) is 30.3 Å². The highest BCUT2D eigenvalue weighted by molar-refractivity contribution is 5.92. The van der Waals surface area contributed by atoms with Gasteiger partial charge in [-0.3, -0.25) is 14.9 Å². The first kappa shape index (κ1) is 15.2. The van der Waals surface area contributed by atoms with Crippen LogP contribution in [0, 0.1) is 16.0 Å². The molecule has 1 aliphatic carbocycles. The Morgan fingerprint density at radius 2 is 2.05 bits per heavy atom. The molecule has 1 aromatic carbocycles. The third-order valence-electron chi connectivity index (χ3n) is 3.99. The van der Waals surface area contributed by atoms with Crippen molar-refractivity contribution in [2.45, 2.75) is 38.6 Å². The van der Waals surface area contributed by atoms with Gasteiger partial charge in [-0.2, -0.15) is 0 Å². The molecule has 112 valence electrons. The SMILES string of the molecule is C[C@@H]1CCCC[C@@H]1NC(=O)/C=C/c1ccccc1[N+](=O)[O-]. The molecule has 2 rings (SSSR count). The van der Waals surface area contributed by atoms with E-state index in [1.807, 2.05) is 0 Å². The number of rotatable bonds is 4. The lowest BCUT2D eigenvalue weighted by molar-refractivity contribution is -0.385. The van der Waals surface area contributed by atoms with E-state index >= 15 is 0 Å². The summed E-state index contributed by atoms with van der Waals surface area (Å²) < 4.78 is 0. The van der Waals surface area contributed by atoms with Crippen LogP contribution in [0.3, 0.4) is 0 Å². The summed E-state index contributed by atoms with van der Waals surface area (Å²) in [6.07, 6.45) is 7.39. The van der Waals surface area contributed by atoms with Crippen molar-refractivity contribution < 1.29 is 9.72 Å². The fourth-order valence-electron chi connectivity index (χ4n) is 2.72. The van der Waals surface area contributed by atoms with E-state index in [1.165, 1.54) is 24.6 Å². The van der Waals surface area contributed by atoms with Crippen molar-refractivity contribution in [2.24, 2.45) is 5.92 Å². The number of para-hydroxylation sites is 1. The Balaban J connectivity index is 2.00. The highest BCUT2D eigenvalue weighted by Crippen LogP contribution is 2.24. The molecular formula is C16H20N2O3. The average molecular weight is 288 g/mol. The Hall–Kier alpha value is -2.17. The second-order valence-electron chi connectivity index (χ2n) is 5.53. The van der Waals surface area contributed by atoms with Gasteiger partial charge < -0.3 is 5.32 Å². The molecule has 1 saturated carbocycles. The van der Waals surface area contributed by atoms with Crippen LogP contribution in [0.4, 0.5) is 5.69 Å². The fourth-order valence-corrected chi connectivity index (χ4v) is 2.72. The van der Waals surface area contributed by atoms with E-state index in [4.69, 9.17) is 0 Å². The molecule has 1 N–H and O–H groups in total. The molecule has 21 heavy (non-hydrogen) atoms. The van der Waals surface area contributed by atoms with Gasteiger partial charge in [0.05, 0.1) is 10.5 Å². The predicted octanol–water partition coefficient (Wildman–Crippen LogP) is 3.30. The Kier molecular flexibility index (Phi) is 5.09. The second kappa shape index (κ2) is 7.02. The molecule has 5 heteroatoms. The summed E-state index contributed by atoms with van der Waals surface area (Å²) in [6.45, 7) is 2.15. The number of carbonyl (C=O) groups excluding carboxylic acids is 1. The molecule has 0 radical (unpaired) electrons. The topological polar surface area (TPSA) is 72.2 Å². The maximum atomic E-state index is 11.9. The summed E-state index contributed by atoms with van der Waals surface area (Å²) in [6, 6.07) is 6.60. The quantitative estimate of drug-likeness (QED) is 0.525. The summed E-state index contributed by atoms with van der Waals surface area (Å²) in [4.78, 5) is 22.4. The van der Waals surface area contributed by atoms with Gasteiger partial charge in [-0.15, -0.1) is 0 Å². The van der Waals surface area contributed by atoms with Crippen LogP contribution in [0.5, 0.6) is 0 Å². The van der Waals surface area contributed by atoms with Crippen LogP contribution in [-0.2, 0) is 4.79 Å². The zero-order valence-electron chi connectivity index (χ0n) is 12.1. The first-order chi connectivity index (χ1) is 10.1. The molecule has 1 fully saturated rings. The van der Waals surface area contributed by atoms with Crippen LogP contribution in [-0.4, -0.2) is 16.9 Å². The Morgan fingerprint density at radius 1 is 1.33 bits per heavy atom. The monoisotopic (exact) mass is 288 g/mol. The summed E-state index contributed by atoms with van der Waals surface area (Å²) >= 11 is 0. The van der Waals surface area contributed by atoms with Crippen molar-refractivity contribution in [3.8, 4) is 0 Å². The van der Waals surface area contributed by atoms with Crippen molar-refractivity contribution in [3.63, 3.8) is 0 Å². The number of nitro groups is 1. The normalized spacial score (nSPS) is 22.1. The molecule has 0 heterocycles.